The van der Waals surface area contributed by atoms with E-state index >= 15 is 0 Å². The number of likely N-dealkylation sites (N-methyl/N-ethyl adjacent to an activating group) is 1. The van der Waals surface area contributed by atoms with E-state index in [4.69, 9.17) is 4.74 Å². The molecule has 2 aromatic carbocycles. The Kier molecular flexibility index (Phi) is 3.66. The molecule has 118 valence electrons. The van der Waals surface area contributed by atoms with Gasteiger partial charge in [0.1, 0.15) is 5.75 Å². The summed E-state index contributed by atoms with van der Waals surface area (Å²) in [6.07, 6.45) is -0.326. The molecule has 1 heterocycles. The number of carbonyl (C=O) groups excluding carboxylic acids is 2. The summed E-state index contributed by atoms with van der Waals surface area (Å²) in [5.74, 6) is -0.418. The Morgan fingerprint density at radius 2 is 1.83 bits per heavy atom. The van der Waals surface area contributed by atoms with E-state index in [2.05, 4.69) is 0 Å². The number of amides is 1. The fourth-order valence-electron chi connectivity index (χ4n) is 2.99. The van der Waals surface area contributed by atoms with Gasteiger partial charge in [0.25, 0.3) is 5.91 Å². The SMILES string of the molecule is COc1ccccc1C(=O)CC1(O)C(=O)N(C)c2ccccc21. The minimum absolute atomic E-state index is 0.326. The number of Topliss-reactive ketones (excluding diaryl/α,β-unsaturated/α-hetero) is 1. The zero-order valence-electron chi connectivity index (χ0n) is 12.9. The quantitative estimate of drug-likeness (QED) is 0.879. The molecule has 2 aromatic rings. The van der Waals surface area contributed by atoms with Crippen molar-refractivity contribution in [2.45, 2.75) is 12.0 Å². The first-order chi connectivity index (χ1) is 11.0. The maximum atomic E-state index is 12.6. The molecule has 5 heteroatoms. The van der Waals surface area contributed by atoms with E-state index in [-0.39, 0.29) is 12.2 Å². The van der Waals surface area contributed by atoms with E-state index in [1.54, 1.807) is 55.6 Å². The second kappa shape index (κ2) is 5.52. The lowest BCUT2D eigenvalue weighted by molar-refractivity contribution is -0.135. The molecule has 0 saturated carbocycles. The molecule has 1 N–H and O–H groups in total. The lowest BCUT2D eigenvalue weighted by atomic mass is 9.88. The monoisotopic (exact) mass is 311 g/mol. The van der Waals surface area contributed by atoms with Gasteiger partial charge in [0.2, 0.25) is 0 Å². The average Bonchev–Trinajstić information content (AvgIpc) is 2.77. The first kappa shape index (κ1) is 15.2. The number of anilines is 1. The topological polar surface area (TPSA) is 66.8 Å². The van der Waals surface area contributed by atoms with Crippen molar-refractivity contribution in [3.8, 4) is 5.75 Å². The first-order valence-corrected chi connectivity index (χ1v) is 7.25. The zero-order chi connectivity index (χ0) is 16.6. The van der Waals surface area contributed by atoms with Crippen molar-refractivity contribution in [2.75, 3.05) is 19.1 Å². The largest absolute Gasteiger partial charge is 0.496 e. The maximum Gasteiger partial charge on any atom is 0.263 e. The minimum atomic E-state index is -1.84. The number of aliphatic hydroxyl groups is 1. The highest BCUT2D eigenvalue weighted by molar-refractivity contribution is 6.10. The van der Waals surface area contributed by atoms with Gasteiger partial charge >= 0.3 is 0 Å². The number of para-hydroxylation sites is 2. The predicted octanol–water partition coefficient (Wildman–Crippen LogP) is 2.13. The molecule has 0 bridgehead atoms. The number of hydrogen-bond donors (Lipinski definition) is 1. The van der Waals surface area contributed by atoms with Crippen LogP contribution in [0.2, 0.25) is 0 Å². The Balaban J connectivity index is 1.99. The molecule has 5 nitrogen and oxygen atoms in total. The van der Waals surface area contributed by atoms with Crippen molar-refractivity contribution >= 4 is 17.4 Å². The number of methoxy groups -OCH3 is 1. The van der Waals surface area contributed by atoms with Crippen LogP contribution in [0.3, 0.4) is 0 Å². The Labute approximate surface area is 134 Å². The van der Waals surface area contributed by atoms with Gasteiger partial charge in [-0.1, -0.05) is 30.3 Å². The van der Waals surface area contributed by atoms with Gasteiger partial charge in [-0.05, 0) is 18.2 Å². The third kappa shape index (κ3) is 2.29. The van der Waals surface area contributed by atoms with Gasteiger partial charge in [0, 0.05) is 12.6 Å². The Bertz CT molecular complexity index is 786. The van der Waals surface area contributed by atoms with Crippen LogP contribution in [0.15, 0.2) is 48.5 Å². The molecule has 0 saturated heterocycles. The number of ether oxygens (including phenoxy) is 1. The van der Waals surface area contributed by atoms with Gasteiger partial charge in [-0.25, -0.2) is 0 Å². The Morgan fingerprint density at radius 3 is 2.57 bits per heavy atom. The summed E-state index contributed by atoms with van der Waals surface area (Å²) in [4.78, 5) is 26.5. The van der Waals surface area contributed by atoms with Crippen LogP contribution >= 0.6 is 0 Å². The van der Waals surface area contributed by atoms with Gasteiger partial charge in [-0.2, -0.15) is 0 Å². The van der Waals surface area contributed by atoms with E-state index < -0.39 is 11.5 Å². The van der Waals surface area contributed by atoms with Crippen LogP contribution in [0.1, 0.15) is 22.3 Å². The van der Waals surface area contributed by atoms with Gasteiger partial charge < -0.3 is 14.7 Å². The maximum absolute atomic E-state index is 12.6. The van der Waals surface area contributed by atoms with Crippen LogP contribution in [0.5, 0.6) is 5.75 Å². The summed E-state index contributed by atoms with van der Waals surface area (Å²) in [6, 6.07) is 13.7. The second-order valence-corrected chi connectivity index (χ2v) is 5.54. The van der Waals surface area contributed by atoms with Crippen LogP contribution in [-0.4, -0.2) is 31.0 Å². The molecule has 0 fully saturated rings. The van der Waals surface area contributed by atoms with Crippen molar-refractivity contribution in [3.63, 3.8) is 0 Å². The molecular weight excluding hydrogens is 294 g/mol. The van der Waals surface area contributed by atoms with Crippen LogP contribution in [-0.2, 0) is 10.4 Å². The average molecular weight is 311 g/mol. The number of carbonyl (C=O) groups is 2. The van der Waals surface area contributed by atoms with Gasteiger partial charge in [-0.3, -0.25) is 9.59 Å². The lowest BCUT2D eigenvalue weighted by Gasteiger charge is -2.21. The highest BCUT2D eigenvalue weighted by Gasteiger charge is 2.49. The third-order valence-corrected chi connectivity index (χ3v) is 4.19. The molecule has 1 aliphatic rings. The number of benzene rings is 2. The predicted molar refractivity (Wildman–Crippen MR) is 85.7 cm³/mol. The van der Waals surface area contributed by atoms with Crippen molar-refractivity contribution in [1.82, 2.24) is 0 Å². The minimum Gasteiger partial charge on any atom is -0.496 e. The fraction of sp³-hybridized carbons (Fsp3) is 0.222. The van der Waals surface area contributed by atoms with E-state index in [0.29, 0.717) is 22.6 Å². The molecule has 1 atom stereocenters. The first-order valence-electron chi connectivity index (χ1n) is 7.25. The molecule has 0 spiro atoms. The van der Waals surface area contributed by atoms with Crippen LogP contribution in [0.25, 0.3) is 0 Å². The second-order valence-electron chi connectivity index (χ2n) is 5.54. The van der Waals surface area contributed by atoms with Crippen molar-refractivity contribution in [3.05, 3.63) is 59.7 Å². The highest BCUT2D eigenvalue weighted by atomic mass is 16.5. The van der Waals surface area contributed by atoms with E-state index in [0.717, 1.165) is 0 Å². The Hall–Kier alpha value is -2.66. The van der Waals surface area contributed by atoms with Gasteiger partial charge in [-0.15, -0.1) is 0 Å². The number of ketones is 1. The number of fused-ring (bicyclic) bond motifs is 1. The van der Waals surface area contributed by atoms with Gasteiger partial charge in [0.15, 0.2) is 11.4 Å². The molecule has 23 heavy (non-hydrogen) atoms. The normalized spacial score (nSPS) is 19.6. The molecule has 1 aliphatic heterocycles. The lowest BCUT2D eigenvalue weighted by Crippen LogP contribution is -2.40. The van der Waals surface area contributed by atoms with Crippen LogP contribution < -0.4 is 9.64 Å². The molecule has 1 amide bonds. The van der Waals surface area contributed by atoms with Crippen LogP contribution in [0.4, 0.5) is 5.69 Å². The van der Waals surface area contributed by atoms with Crippen LogP contribution in [0, 0.1) is 0 Å². The number of hydrogen-bond acceptors (Lipinski definition) is 4. The van der Waals surface area contributed by atoms with Gasteiger partial charge in [0.05, 0.1) is 24.8 Å². The summed E-state index contributed by atoms with van der Waals surface area (Å²) in [7, 11) is 3.07. The standard InChI is InChI=1S/C18H17NO4/c1-19-14-9-5-4-8-13(14)18(22,17(19)21)11-15(20)12-7-3-6-10-16(12)23-2/h3-10,22H,11H2,1-2H3. The summed E-state index contributed by atoms with van der Waals surface area (Å²) < 4.78 is 5.18. The summed E-state index contributed by atoms with van der Waals surface area (Å²) in [6.45, 7) is 0. The molecule has 3 rings (SSSR count). The molecule has 0 radical (unpaired) electrons. The summed E-state index contributed by atoms with van der Waals surface area (Å²) in [5, 5.41) is 10.9. The Morgan fingerprint density at radius 1 is 1.17 bits per heavy atom. The van der Waals surface area contributed by atoms with E-state index in [9.17, 15) is 14.7 Å². The molecule has 1 unspecified atom stereocenters. The van der Waals surface area contributed by atoms with Crippen molar-refractivity contribution in [1.29, 1.82) is 0 Å². The van der Waals surface area contributed by atoms with E-state index in [1.807, 2.05) is 0 Å². The fourth-order valence-corrected chi connectivity index (χ4v) is 2.99. The van der Waals surface area contributed by atoms with Crippen molar-refractivity contribution in [2.24, 2.45) is 0 Å². The van der Waals surface area contributed by atoms with Crippen molar-refractivity contribution < 1.29 is 19.4 Å². The highest BCUT2D eigenvalue weighted by Crippen LogP contribution is 2.42. The molecular formula is C18H17NO4. The smallest absolute Gasteiger partial charge is 0.263 e. The number of nitrogens with zero attached hydrogens (tertiary/aromatic N) is 1. The molecule has 0 aliphatic carbocycles. The number of rotatable bonds is 4. The summed E-state index contributed by atoms with van der Waals surface area (Å²) in [5.41, 5.74) is -0.421. The third-order valence-electron chi connectivity index (χ3n) is 4.19. The van der Waals surface area contributed by atoms with E-state index in [1.165, 1.54) is 12.0 Å². The zero-order valence-corrected chi connectivity index (χ0v) is 12.9. The summed E-state index contributed by atoms with van der Waals surface area (Å²) >= 11 is 0. The molecule has 0 aromatic heterocycles.